The third-order valence-electron chi connectivity index (χ3n) is 3.54. The van der Waals surface area contributed by atoms with Gasteiger partial charge in [-0.2, -0.15) is 0 Å². The van der Waals surface area contributed by atoms with Crippen LogP contribution in [0, 0.1) is 5.41 Å². The van der Waals surface area contributed by atoms with E-state index in [0.717, 1.165) is 17.5 Å². The molecular weight excluding hydrogens is 266 g/mol. The van der Waals surface area contributed by atoms with Crippen LogP contribution in [0.1, 0.15) is 40.0 Å². The van der Waals surface area contributed by atoms with E-state index >= 15 is 0 Å². The first-order valence-corrected chi connectivity index (χ1v) is 7.24. The number of amides is 1. The van der Waals surface area contributed by atoms with E-state index in [-0.39, 0.29) is 17.4 Å². The van der Waals surface area contributed by atoms with Crippen LogP contribution in [0.5, 0.6) is 0 Å². The number of nitrogens with one attached hydrogen (secondary N) is 1. The molecule has 0 saturated carbocycles. The Morgan fingerprint density at radius 1 is 1.43 bits per heavy atom. The average molecular weight is 289 g/mol. The maximum absolute atomic E-state index is 12.0. The summed E-state index contributed by atoms with van der Waals surface area (Å²) in [6.45, 7) is 8.07. The van der Waals surface area contributed by atoms with Crippen molar-refractivity contribution in [3.05, 3.63) is 24.1 Å². The van der Waals surface area contributed by atoms with Gasteiger partial charge in [0.05, 0.1) is 0 Å². The number of carbonyl (C=O) groups is 1. The minimum Gasteiger partial charge on any atom is -0.441 e. The molecule has 2 aromatic rings. The molecule has 1 atom stereocenters. The van der Waals surface area contributed by atoms with Gasteiger partial charge in [0.2, 0.25) is 5.91 Å². The third kappa shape index (κ3) is 3.82. The van der Waals surface area contributed by atoms with Gasteiger partial charge in [-0.3, -0.25) is 4.79 Å². The zero-order valence-electron chi connectivity index (χ0n) is 13.1. The third-order valence-corrected chi connectivity index (χ3v) is 3.54. The van der Waals surface area contributed by atoms with Crippen LogP contribution >= 0.6 is 0 Å². The molecule has 0 aliphatic heterocycles. The van der Waals surface area contributed by atoms with Gasteiger partial charge in [0.1, 0.15) is 5.52 Å². The molecule has 114 valence electrons. The van der Waals surface area contributed by atoms with Gasteiger partial charge in [0.25, 0.3) is 0 Å². The SMILES string of the molecule is CCc1nc2cc(NC(=O)CC(N)C(C)(C)C)ccc2o1. The number of carbonyl (C=O) groups excluding carboxylic acids is 1. The Bertz CT molecular complexity index is 640. The van der Waals surface area contributed by atoms with E-state index in [2.05, 4.69) is 10.3 Å². The summed E-state index contributed by atoms with van der Waals surface area (Å²) in [7, 11) is 0. The summed E-state index contributed by atoms with van der Waals surface area (Å²) >= 11 is 0. The highest BCUT2D eigenvalue weighted by Gasteiger charge is 2.23. The monoisotopic (exact) mass is 289 g/mol. The highest BCUT2D eigenvalue weighted by molar-refractivity contribution is 5.93. The van der Waals surface area contributed by atoms with Crippen molar-refractivity contribution in [2.45, 2.75) is 46.6 Å². The van der Waals surface area contributed by atoms with Crippen molar-refractivity contribution in [2.75, 3.05) is 5.32 Å². The van der Waals surface area contributed by atoms with Crippen molar-refractivity contribution >= 4 is 22.7 Å². The molecule has 1 aromatic heterocycles. The standard InChI is InChI=1S/C16H23N3O2/c1-5-15-19-11-8-10(6-7-12(11)21-15)18-14(20)9-13(17)16(2,3)4/h6-8,13H,5,9,17H2,1-4H3,(H,18,20). The normalized spacial score (nSPS) is 13.4. The van der Waals surface area contributed by atoms with E-state index in [9.17, 15) is 4.79 Å². The number of hydrogen-bond donors (Lipinski definition) is 2. The maximum Gasteiger partial charge on any atom is 0.225 e. The summed E-state index contributed by atoms with van der Waals surface area (Å²) in [5.74, 6) is 0.610. The highest BCUT2D eigenvalue weighted by Crippen LogP contribution is 2.22. The lowest BCUT2D eigenvalue weighted by atomic mass is 9.85. The van der Waals surface area contributed by atoms with Gasteiger partial charge in [-0.15, -0.1) is 0 Å². The van der Waals surface area contributed by atoms with Crippen molar-refractivity contribution < 1.29 is 9.21 Å². The van der Waals surface area contributed by atoms with Gasteiger partial charge in [-0.05, 0) is 23.6 Å². The predicted octanol–water partition coefficient (Wildman–Crippen LogP) is 3.09. The molecule has 5 heteroatoms. The second-order valence-electron chi connectivity index (χ2n) is 6.37. The number of nitrogens with zero attached hydrogens (tertiary/aromatic N) is 1. The molecular formula is C16H23N3O2. The first-order chi connectivity index (χ1) is 9.79. The Morgan fingerprint density at radius 2 is 2.14 bits per heavy atom. The van der Waals surface area contributed by atoms with E-state index in [1.807, 2.05) is 45.9 Å². The zero-order chi connectivity index (χ0) is 15.6. The lowest BCUT2D eigenvalue weighted by molar-refractivity contribution is -0.117. The Balaban J connectivity index is 2.07. The van der Waals surface area contributed by atoms with E-state index in [0.29, 0.717) is 18.0 Å². The summed E-state index contributed by atoms with van der Waals surface area (Å²) in [6, 6.07) is 5.27. The lowest BCUT2D eigenvalue weighted by Gasteiger charge is -2.26. The zero-order valence-corrected chi connectivity index (χ0v) is 13.1. The molecule has 0 fully saturated rings. The van der Waals surface area contributed by atoms with Crippen LogP contribution in [0.2, 0.25) is 0 Å². The second kappa shape index (κ2) is 5.85. The summed E-state index contributed by atoms with van der Waals surface area (Å²) in [4.78, 5) is 16.4. The number of aryl methyl sites for hydroxylation is 1. The summed E-state index contributed by atoms with van der Waals surface area (Å²) in [6.07, 6.45) is 1.04. The first kappa shape index (κ1) is 15.5. The van der Waals surface area contributed by atoms with Crippen molar-refractivity contribution in [3.63, 3.8) is 0 Å². The highest BCUT2D eigenvalue weighted by atomic mass is 16.3. The molecule has 0 aliphatic carbocycles. The molecule has 0 saturated heterocycles. The molecule has 0 aliphatic rings. The van der Waals surface area contributed by atoms with Crippen LogP contribution in [-0.4, -0.2) is 16.9 Å². The topological polar surface area (TPSA) is 81.2 Å². The van der Waals surface area contributed by atoms with Crippen LogP contribution in [0.3, 0.4) is 0 Å². The summed E-state index contributed by atoms with van der Waals surface area (Å²) in [5, 5.41) is 2.86. The maximum atomic E-state index is 12.0. The fourth-order valence-electron chi connectivity index (χ4n) is 1.92. The predicted molar refractivity (Wildman–Crippen MR) is 84.1 cm³/mol. The van der Waals surface area contributed by atoms with E-state index < -0.39 is 0 Å². The summed E-state index contributed by atoms with van der Waals surface area (Å²) in [5.41, 5.74) is 8.13. The van der Waals surface area contributed by atoms with Crippen LogP contribution in [0.25, 0.3) is 11.1 Å². The quantitative estimate of drug-likeness (QED) is 0.906. The molecule has 1 unspecified atom stereocenters. The van der Waals surface area contributed by atoms with Crippen molar-refractivity contribution in [3.8, 4) is 0 Å². The van der Waals surface area contributed by atoms with Gasteiger partial charge in [-0.25, -0.2) is 4.98 Å². The van der Waals surface area contributed by atoms with Crippen molar-refractivity contribution in [2.24, 2.45) is 11.1 Å². The number of benzene rings is 1. The van der Waals surface area contributed by atoms with Crippen molar-refractivity contribution in [1.29, 1.82) is 0 Å². The van der Waals surface area contributed by atoms with Crippen LogP contribution in [-0.2, 0) is 11.2 Å². The molecule has 0 bridgehead atoms. The first-order valence-electron chi connectivity index (χ1n) is 7.24. The number of oxazole rings is 1. The number of nitrogens with two attached hydrogens (primary N) is 1. The van der Waals surface area contributed by atoms with Gasteiger partial charge < -0.3 is 15.5 Å². The molecule has 1 aromatic carbocycles. The van der Waals surface area contributed by atoms with E-state index in [1.54, 1.807) is 0 Å². The molecule has 1 heterocycles. The fourth-order valence-corrected chi connectivity index (χ4v) is 1.92. The number of rotatable bonds is 4. The minimum absolute atomic E-state index is 0.0871. The van der Waals surface area contributed by atoms with Crippen LogP contribution in [0.15, 0.2) is 22.6 Å². The Labute approximate surface area is 124 Å². The number of anilines is 1. The van der Waals surface area contributed by atoms with E-state index in [4.69, 9.17) is 10.2 Å². The van der Waals surface area contributed by atoms with Gasteiger partial charge >= 0.3 is 0 Å². The van der Waals surface area contributed by atoms with Crippen LogP contribution < -0.4 is 11.1 Å². The molecule has 0 spiro atoms. The molecule has 0 radical (unpaired) electrons. The Morgan fingerprint density at radius 3 is 2.76 bits per heavy atom. The van der Waals surface area contributed by atoms with Crippen LogP contribution in [0.4, 0.5) is 5.69 Å². The molecule has 1 amide bonds. The number of fused-ring (bicyclic) bond motifs is 1. The fraction of sp³-hybridized carbons (Fsp3) is 0.500. The average Bonchev–Trinajstić information content (AvgIpc) is 2.79. The molecule has 2 rings (SSSR count). The molecule has 5 nitrogen and oxygen atoms in total. The van der Waals surface area contributed by atoms with Gasteiger partial charge in [0, 0.05) is 24.6 Å². The van der Waals surface area contributed by atoms with Crippen molar-refractivity contribution in [1.82, 2.24) is 4.98 Å². The Hall–Kier alpha value is -1.88. The minimum atomic E-state index is -0.181. The smallest absolute Gasteiger partial charge is 0.225 e. The van der Waals surface area contributed by atoms with E-state index in [1.165, 1.54) is 0 Å². The number of aromatic nitrogens is 1. The largest absolute Gasteiger partial charge is 0.441 e. The van der Waals surface area contributed by atoms with Gasteiger partial charge in [-0.1, -0.05) is 27.7 Å². The summed E-state index contributed by atoms with van der Waals surface area (Å²) < 4.78 is 5.54. The molecule has 3 N–H and O–H groups in total. The van der Waals surface area contributed by atoms with Gasteiger partial charge in [0.15, 0.2) is 11.5 Å². The molecule has 21 heavy (non-hydrogen) atoms. The Kier molecular flexibility index (Phi) is 4.32. The second-order valence-corrected chi connectivity index (χ2v) is 6.37. The number of hydrogen-bond acceptors (Lipinski definition) is 4. The lowest BCUT2D eigenvalue weighted by Crippen LogP contribution is -2.38.